The van der Waals surface area contributed by atoms with Crippen LogP contribution in [0.2, 0.25) is 0 Å². The maximum absolute atomic E-state index is 12.5. The van der Waals surface area contributed by atoms with Gasteiger partial charge in [-0.05, 0) is 28.7 Å². The van der Waals surface area contributed by atoms with Crippen molar-refractivity contribution in [2.24, 2.45) is 0 Å². The summed E-state index contributed by atoms with van der Waals surface area (Å²) < 4.78 is 128. The Morgan fingerprint density at radius 2 is 1.01 bits per heavy atom. The summed E-state index contributed by atoms with van der Waals surface area (Å²) >= 11 is 0. The van der Waals surface area contributed by atoms with Gasteiger partial charge < -0.3 is 110 Å². The first kappa shape index (κ1) is 78.1. The highest BCUT2D eigenvalue weighted by molar-refractivity contribution is 7.64. The van der Waals surface area contributed by atoms with Crippen LogP contribution in [0.1, 0.15) is 48.1 Å². The van der Waals surface area contributed by atoms with Crippen molar-refractivity contribution >= 4 is 35.3 Å². The fourth-order valence-electron chi connectivity index (χ4n) is 8.42. The number of aliphatic hydroxyl groups is 1. The molecule has 3 N–H and O–H groups in total. The van der Waals surface area contributed by atoms with Crippen molar-refractivity contribution in [2.75, 3.05) is 192 Å². The molecule has 1 fully saturated rings. The second-order valence-electron chi connectivity index (χ2n) is 19.4. The number of hydrogen-bond donors (Lipinski definition) is 3. The second-order valence-corrected chi connectivity index (χ2v) is 23.7. The number of hydrogen-bond acceptors (Lipinski definition) is 30. The summed E-state index contributed by atoms with van der Waals surface area (Å²) in [5.41, 5.74) is 2.61. The maximum atomic E-state index is 12.5. The number of phosphoric acid groups is 3. The molecular weight excluding hydrogens is 1290 g/mol. The number of ether oxygens (including phenoxy) is 15. The first-order valence-electron chi connectivity index (χ1n) is 29.4. The van der Waals surface area contributed by atoms with Gasteiger partial charge in [-0.3, -0.25) is 37.4 Å². The number of rotatable bonds is 53. The van der Waals surface area contributed by atoms with E-state index in [1.165, 1.54) is 22.3 Å². The Morgan fingerprint density at radius 3 is 1.46 bits per heavy atom. The van der Waals surface area contributed by atoms with Gasteiger partial charge in [0.15, 0.2) is 0 Å². The third-order valence-corrected chi connectivity index (χ3v) is 16.3. The summed E-state index contributed by atoms with van der Waals surface area (Å²) in [5.74, 6) is 4.29. The lowest BCUT2D eigenvalue weighted by Gasteiger charge is -2.37. The maximum Gasteiger partial charge on any atom is 0.330 e. The minimum atomic E-state index is -6.22. The van der Waals surface area contributed by atoms with Gasteiger partial charge in [-0.15, -0.1) is 0 Å². The van der Waals surface area contributed by atoms with E-state index in [0.29, 0.717) is 165 Å². The zero-order valence-electron chi connectivity index (χ0n) is 50.7. The number of benzene rings is 2. The van der Waals surface area contributed by atoms with Crippen LogP contribution in [0, 0.1) is 11.8 Å². The van der Waals surface area contributed by atoms with E-state index >= 15 is 0 Å². The highest BCUT2D eigenvalue weighted by atomic mass is 31.3. The summed E-state index contributed by atoms with van der Waals surface area (Å²) in [7, 11) is -18.3. The normalized spacial score (nSPS) is 16.8. The molecule has 2 heterocycles. The second kappa shape index (κ2) is 45.0. The standard InChI is InChI=1S/C56H84N3O30P3/c60-50-39-53(87-51(50)42-86-91(68,69)89-92(70,71)88-90(65,66)67)59-40-44(55(63)58-56(59)64)7-5-13-57-52(61)43-84-38-37-83-36-35-82-34-33-81-32-31-80-30-29-79-28-27-78-26-25-77-24-23-76-22-21-75-20-19-74-18-17-73-16-15-72-14-6-12-54(62)85-41-49-47-10-3-1-8-45(47)46-9-2-4-11-48(46)49/h1-4,8-11,40,49-51,53,60H,6,12-39,41-43H2,(H,57,61)(H,68,69)(H,70,71)(H,58,63,64)(H2,65,66,67)/p-4. The number of phosphoric ester groups is 1. The van der Waals surface area contributed by atoms with E-state index in [1.807, 2.05) is 29.2 Å². The summed E-state index contributed by atoms with van der Waals surface area (Å²) in [6.07, 6.45) is -2.89. The van der Waals surface area contributed by atoms with Crippen molar-refractivity contribution in [1.82, 2.24) is 14.9 Å². The van der Waals surface area contributed by atoms with Crippen molar-refractivity contribution in [1.29, 1.82) is 0 Å². The average Bonchev–Trinajstić information content (AvgIpc) is 1.62. The smallest absolute Gasteiger partial charge is 0.330 e. The predicted octanol–water partition coefficient (Wildman–Crippen LogP) is -1.18. The monoisotopic (exact) mass is 1370 g/mol. The summed E-state index contributed by atoms with van der Waals surface area (Å²) in [6.45, 7) is 8.43. The fourth-order valence-corrected chi connectivity index (χ4v) is 11.3. The van der Waals surface area contributed by atoms with Crippen LogP contribution in [-0.4, -0.2) is 230 Å². The predicted molar refractivity (Wildman–Crippen MR) is 311 cm³/mol. The molecule has 1 aliphatic carbocycles. The molecule has 1 aromatic heterocycles. The number of carbonyl (C=O) groups is 2. The molecule has 5 atom stereocenters. The molecular formula is C56H80N3O30P3-4. The van der Waals surface area contributed by atoms with Crippen LogP contribution in [0.25, 0.3) is 11.1 Å². The van der Waals surface area contributed by atoms with Crippen molar-refractivity contribution in [3.05, 3.63) is 92.3 Å². The Morgan fingerprint density at radius 1 is 0.587 bits per heavy atom. The zero-order chi connectivity index (χ0) is 66.1. The lowest BCUT2D eigenvalue weighted by Crippen LogP contribution is -2.34. The summed E-state index contributed by atoms with van der Waals surface area (Å²) in [4.78, 5) is 95.6. The number of esters is 1. The lowest BCUT2D eigenvalue weighted by atomic mass is 9.98. The number of fused-ring (bicyclic) bond motifs is 3. The van der Waals surface area contributed by atoms with Crippen LogP contribution in [0.4, 0.5) is 0 Å². The lowest BCUT2D eigenvalue weighted by molar-refractivity contribution is -0.339. The number of aliphatic hydroxyl groups excluding tert-OH is 1. The van der Waals surface area contributed by atoms with Crippen LogP contribution in [0.5, 0.6) is 0 Å². The molecule has 33 nitrogen and oxygen atoms in total. The molecule has 1 aliphatic heterocycles. The number of aromatic amines is 1. The van der Waals surface area contributed by atoms with E-state index in [0.717, 1.165) is 10.8 Å². The van der Waals surface area contributed by atoms with Crippen molar-refractivity contribution in [3.8, 4) is 23.0 Å². The van der Waals surface area contributed by atoms with Crippen molar-refractivity contribution in [3.63, 3.8) is 0 Å². The number of nitrogens with zero attached hydrogens (tertiary/aromatic N) is 1. The Balaban J connectivity index is 0.688. The van der Waals surface area contributed by atoms with E-state index in [9.17, 15) is 57.6 Å². The van der Waals surface area contributed by atoms with Gasteiger partial charge in [-0.2, -0.15) is 0 Å². The Labute approximate surface area is 531 Å². The number of carbonyl (C=O) groups excluding carboxylic acids is 2. The van der Waals surface area contributed by atoms with E-state index < -0.39 is 65.7 Å². The Kier molecular flexibility index (Phi) is 38.2. The van der Waals surface area contributed by atoms with Crippen LogP contribution in [-0.2, 0) is 107 Å². The van der Waals surface area contributed by atoms with Crippen molar-refractivity contribution in [2.45, 2.75) is 43.6 Å². The van der Waals surface area contributed by atoms with Crippen LogP contribution >= 0.6 is 23.5 Å². The topological polar surface area (TPSA) is 431 Å². The molecule has 2 aromatic carbocycles. The number of aromatic nitrogens is 2. The summed E-state index contributed by atoms with van der Waals surface area (Å²) in [6, 6.07) is 16.5. The van der Waals surface area contributed by atoms with Gasteiger partial charge in [0.05, 0.1) is 186 Å². The third-order valence-electron chi connectivity index (χ3n) is 12.6. The van der Waals surface area contributed by atoms with Crippen LogP contribution in [0.3, 0.4) is 0 Å². The molecule has 1 saturated heterocycles. The average molecular weight is 1370 g/mol. The van der Waals surface area contributed by atoms with Crippen LogP contribution in [0.15, 0.2) is 64.3 Å². The highest BCUT2D eigenvalue weighted by Gasteiger charge is 2.37. The molecule has 2 aliphatic rings. The van der Waals surface area contributed by atoms with Gasteiger partial charge in [0.25, 0.3) is 21.2 Å². The Hall–Kier alpha value is -4.57. The SMILES string of the molecule is O=C(COCCOCCOCCOCCOCCOCCOCCOCCOCCOCCOCCOCCOCCCC(=O)OCC1c2ccccc2-c2ccccc21)NCC#Cc1cn(C2CC(O)C(COP(=O)([O-])OP(=O)([O-])OP(=O)([O-])[O-])O2)c(=O)[nH]c1=O. The van der Waals surface area contributed by atoms with Gasteiger partial charge in [0.1, 0.15) is 31.1 Å². The van der Waals surface area contributed by atoms with E-state index in [1.54, 1.807) is 0 Å². The largest absolute Gasteiger partial charge is 0.790 e. The fraction of sp³-hybridized carbons (Fsp3) is 0.643. The quantitative estimate of drug-likeness (QED) is 0.0259. The van der Waals surface area contributed by atoms with E-state index in [4.69, 9.17) is 71.1 Å². The van der Waals surface area contributed by atoms with Gasteiger partial charge in [-0.1, -0.05) is 60.4 Å². The number of amides is 1. The van der Waals surface area contributed by atoms with Crippen molar-refractivity contribution < 1.29 is 132 Å². The number of nitrogens with one attached hydrogen (secondary N) is 2. The molecule has 36 heteroatoms. The molecule has 3 aromatic rings. The zero-order valence-corrected chi connectivity index (χ0v) is 53.4. The first-order chi connectivity index (χ1) is 44.4. The molecule has 1 amide bonds. The molecule has 518 valence electrons. The van der Waals surface area contributed by atoms with Gasteiger partial charge in [0.2, 0.25) is 5.91 Å². The minimum Gasteiger partial charge on any atom is -0.790 e. The Bertz CT molecular complexity index is 2890. The van der Waals surface area contributed by atoms with Gasteiger partial charge in [0, 0.05) is 31.6 Å². The first-order valence-corrected chi connectivity index (χ1v) is 33.8. The minimum absolute atomic E-state index is 0.0518. The van der Waals surface area contributed by atoms with E-state index in [2.05, 4.69) is 54.6 Å². The third kappa shape index (κ3) is 33.2. The van der Waals surface area contributed by atoms with Crippen LogP contribution < -0.4 is 36.1 Å². The molecule has 5 unspecified atom stereocenters. The molecule has 0 radical (unpaired) electrons. The summed E-state index contributed by atoms with van der Waals surface area (Å²) in [5, 5.41) is 12.8. The molecule has 5 rings (SSSR count). The highest BCUT2D eigenvalue weighted by Crippen LogP contribution is 2.60. The molecule has 0 spiro atoms. The molecule has 0 saturated carbocycles. The van der Waals surface area contributed by atoms with Gasteiger partial charge in [-0.25, -0.2) is 9.11 Å². The van der Waals surface area contributed by atoms with Gasteiger partial charge >= 0.3 is 11.7 Å². The van der Waals surface area contributed by atoms with E-state index in [-0.39, 0.29) is 56.8 Å². The molecule has 0 bridgehead atoms. The molecule has 92 heavy (non-hydrogen) atoms. The number of H-pyrrole nitrogens is 1.